The molecule has 0 aliphatic heterocycles. The predicted molar refractivity (Wildman–Crippen MR) is 87.4 cm³/mol. The van der Waals surface area contributed by atoms with Crippen LogP contribution in [0.5, 0.6) is 5.75 Å². The van der Waals surface area contributed by atoms with Crippen molar-refractivity contribution in [1.82, 2.24) is 4.90 Å². The van der Waals surface area contributed by atoms with Crippen molar-refractivity contribution in [3.8, 4) is 5.75 Å². The second-order valence-electron chi connectivity index (χ2n) is 5.11. The summed E-state index contributed by atoms with van der Waals surface area (Å²) in [6.07, 6.45) is 0.512. The minimum absolute atomic E-state index is 0.141. The average molecular weight is 327 g/mol. The topological polar surface area (TPSA) is 41.9 Å². The fraction of sp³-hybridized carbons (Fsp3) is 0.500. The van der Waals surface area contributed by atoms with Gasteiger partial charge in [-0.1, -0.05) is 0 Å². The lowest BCUT2D eigenvalue weighted by Crippen LogP contribution is -2.26. The molecule has 0 amide bonds. The van der Waals surface area contributed by atoms with E-state index < -0.39 is 0 Å². The molecule has 0 unspecified atom stereocenters. The van der Waals surface area contributed by atoms with Crippen LogP contribution >= 0.6 is 11.3 Å². The van der Waals surface area contributed by atoms with E-state index in [4.69, 9.17) is 14.6 Å². The Bertz CT molecular complexity index is 602. The monoisotopic (exact) mass is 327 g/mol. The maximum absolute atomic E-state index is 14.4. The molecule has 0 spiro atoms. The van der Waals surface area contributed by atoms with Crippen LogP contribution in [0.1, 0.15) is 5.56 Å². The van der Waals surface area contributed by atoms with Crippen LogP contribution in [0.15, 0.2) is 17.5 Å². The van der Waals surface area contributed by atoms with E-state index in [0.717, 1.165) is 16.6 Å². The number of aliphatic hydroxyl groups excluding tert-OH is 1. The van der Waals surface area contributed by atoms with Gasteiger partial charge < -0.3 is 19.5 Å². The van der Waals surface area contributed by atoms with Gasteiger partial charge in [-0.2, -0.15) is 0 Å². The molecule has 0 saturated heterocycles. The highest BCUT2D eigenvalue weighted by Gasteiger charge is 2.14. The fourth-order valence-electron chi connectivity index (χ4n) is 2.27. The Balaban J connectivity index is 1.90. The number of methoxy groups -OCH3 is 1. The standard InChI is InChI=1S/C16H22FNO3S/c1-18(5-7-19)6-9-21-8-3-12-11-13-4-10-22-16(13)15(20-2)14(12)17/h4,10-11,19H,3,5-9H2,1-2H3. The Hall–Kier alpha value is -1.21. The van der Waals surface area contributed by atoms with Crippen LogP contribution in [-0.4, -0.2) is 57.1 Å². The van der Waals surface area contributed by atoms with Crippen LogP contribution in [0, 0.1) is 5.82 Å². The van der Waals surface area contributed by atoms with Crippen LogP contribution in [0.4, 0.5) is 4.39 Å². The average Bonchev–Trinajstić information content (AvgIpc) is 2.95. The Morgan fingerprint density at radius 1 is 1.32 bits per heavy atom. The van der Waals surface area contributed by atoms with E-state index in [-0.39, 0.29) is 12.4 Å². The fourth-order valence-corrected chi connectivity index (χ4v) is 3.16. The highest BCUT2D eigenvalue weighted by Crippen LogP contribution is 2.35. The molecular weight excluding hydrogens is 305 g/mol. The summed E-state index contributed by atoms with van der Waals surface area (Å²) in [5.74, 6) is 0.0311. The van der Waals surface area contributed by atoms with Crippen molar-refractivity contribution in [2.75, 3.05) is 47.1 Å². The summed E-state index contributed by atoms with van der Waals surface area (Å²) in [5, 5.41) is 11.7. The van der Waals surface area contributed by atoms with E-state index in [9.17, 15) is 4.39 Å². The van der Waals surface area contributed by atoms with Gasteiger partial charge in [-0.25, -0.2) is 4.39 Å². The first-order valence-electron chi connectivity index (χ1n) is 7.27. The molecule has 0 saturated carbocycles. The minimum atomic E-state index is -0.293. The Labute approximate surface area is 134 Å². The number of ether oxygens (including phenoxy) is 2. The number of benzene rings is 1. The number of rotatable bonds is 9. The maximum atomic E-state index is 14.4. The Morgan fingerprint density at radius 3 is 2.86 bits per heavy atom. The zero-order chi connectivity index (χ0) is 15.9. The van der Waals surface area contributed by atoms with E-state index in [2.05, 4.69) is 0 Å². The molecule has 1 aromatic heterocycles. The molecule has 0 bridgehead atoms. The molecule has 0 fully saturated rings. The summed E-state index contributed by atoms with van der Waals surface area (Å²) in [6, 6.07) is 3.83. The van der Waals surface area contributed by atoms with E-state index in [0.29, 0.717) is 37.5 Å². The summed E-state index contributed by atoms with van der Waals surface area (Å²) in [4.78, 5) is 1.99. The summed E-state index contributed by atoms with van der Waals surface area (Å²) in [5.41, 5.74) is 0.617. The van der Waals surface area contributed by atoms with Crippen LogP contribution in [-0.2, 0) is 11.2 Å². The number of nitrogens with zero attached hydrogens (tertiary/aromatic N) is 1. The molecule has 1 N–H and O–H groups in total. The largest absolute Gasteiger partial charge is 0.492 e. The van der Waals surface area contributed by atoms with Gasteiger partial charge in [0.1, 0.15) is 0 Å². The van der Waals surface area contributed by atoms with Gasteiger partial charge in [-0.3, -0.25) is 0 Å². The number of aliphatic hydroxyl groups is 1. The van der Waals surface area contributed by atoms with Crippen LogP contribution in [0.2, 0.25) is 0 Å². The maximum Gasteiger partial charge on any atom is 0.172 e. The van der Waals surface area contributed by atoms with Gasteiger partial charge in [-0.15, -0.1) is 11.3 Å². The summed E-state index contributed by atoms with van der Waals surface area (Å²) in [7, 11) is 3.42. The van der Waals surface area contributed by atoms with Crippen molar-refractivity contribution in [1.29, 1.82) is 0 Å². The van der Waals surface area contributed by atoms with Gasteiger partial charge in [0, 0.05) is 13.1 Å². The molecule has 4 nitrogen and oxygen atoms in total. The second kappa shape index (κ2) is 8.43. The van der Waals surface area contributed by atoms with Crippen molar-refractivity contribution in [3.63, 3.8) is 0 Å². The molecule has 1 aromatic carbocycles. The van der Waals surface area contributed by atoms with Crippen LogP contribution < -0.4 is 4.74 Å². The van der Waals surface area contributed by atoms with Crippen molar-refractivity contribution in [2.24, 2.45) is 0 Å². The second-order valence-corrected chi connectivity index (χ2v) is 6.03. The van der Waals surface area contributed by atoms with Crippen molar-refractivity contribution in [3.05, 3.63) is 28.9 Å². The molecule has 2 aromatic rings. The zero-order valence-corrected chi connectivity index (χ0v) is 13.8. The molecule has 0 aliphatic rings. The van der Waals surface area contributed by atoms with Crippen LogP contribution in [0.25, 0.3) is 10.1 Å². The molecule has 0 atom stereocenters. The first kappa shape index (κ1) is 17.1. The third-order valence-electron chi connectivity index (χ3n) is 3.53. The number of hydrogen-bond acceptors (Lipinski definition) is 5. The van der Waals surface area contributed by atoms with Crippen molar-refractivity contribution < 1.29 is 19.0 Å². The molecule has 1 heterocycles. The number of likely N-dealkylation sites (N-methyl/N-ethyl adjacent to an activating group) is 1. The summed E-state index contributed by atoms with van der Waals surface area (Å²) >= 11 is 1.48. The predicted octanol–water partition coefficient (Wildman–Crippen LogP) is 2.53. The highest BCUT2D eigenvalue weighted by atomic mass is 32.1. The Morgan fingerprint density at radius 2 is 2.14 bits per heavy atom. The van der Waals surface area contributed by atoms with E-state index in [1.165, 1.54) is 18.4 Å². The molecule has 22 heavy (non-hydrogen) atoms. The molecule has 6 heteroatoms. The van der Waals surface area contributed by atoms with E-state index in [1.807, 2.05) is 29.5 Å². The van der Waals surface area contributed by atoms with Crippen LogP contribution in [0.3, 0.4) is 0 Å². The number of hydrogen-bond donors (Lipinski definition) is 1. The third-order valence-corrected chi connectivity index (χ3v) is 4.46. The normalized spacial score (nSPS) is 11.5. The molecule has 0 radical (unpaired) electrons. The van der Waals surface area contributed by atoms with Gasteiger partial charge in [0.2, 0.25) is 0 Å². The van der Waals surface area contributed by atoms with Gasteiger partial charge in [0.05, 0.1) is 31.6 Å². The molecule has 2 rings (SSSR count). The van der Waals surface area contributed by atoms with Gasteiger partial charge >= 0.3 is 0 Å². The SMILES string of the molecule is COc1c(F)c(CCOCCN(C)CCO)cc2ccsc12. The smallest absolute Gasteiger partial charge is 0.172 e. The third kappa shape index (κ3) is 4.16. The van der Waals surface area contributed by atoms with E-state index >= 15 is 0 Å². The lowest BCUT2D eigenvalue weighted by Gasteiger charge is -2.15. The summed E-state index contributed by atoms with van der Waals surface area (Å²) < 4.78 is 26.0. The summed E-state index contributed by atoms with van der Waals surface area (Å²) in [6.45, 7) is 2.54. The number of fused-ring (bicyclic) bond motifs is 1. The molecule has 0 aliphatic carbocycles. The lowest BCUT2D eigenvalue weighted by atomic mass is 10.1. The lowest BCUT2D eigenvalue weighted by molar-refractivity contribution is 0.107. The van der Waals surface area contributed by atoms with Gasteiger partial charge in [0.15, 0.2) is 11.6 Å². The van der Waals surface area contributed by atoms with Gasteiger partial charge in [-0.05, 0) is 41.9 Å². The van der Waals surface area contributed by atoms with Gasteiger partial charge in [0.25, 0.3) is 0 Å². The molecule has 122 valence electrons. The number of thiophene rings is 1. The zero-order valence-electron chi connectivity index (χ0n) is 13.0. The van der Waals surface area contributed by atoms with E-state index in [1.54, 1.807) is 0 Å². The molecular formula is C16H22FNO3S. The minimum Gasteiger partial charge on any atom is -0.492 e. The first-order valence-corrected chi connectivity index (χ1v) is 8.15. The first-order chi connectivity index (χ1) is 10.7. The highest BCUT2D eigenvalue weighted by molar-refractivity contribution is 7.17. The van der Waals surface area contributed by atoms with Crippen molar-refractivity contribution >= 4 is 21.4 Å². The quantitative estimate of drug-likeness (QED) is 0.719. The van der Waals surface area contributed by atoms with Crippen molar-refractivity contribution in [2.45, 2.75) is 6.42 Å². The number of halogens is 1. The Kier molecular flexibility index (Phi) is 6.57.